The Balaban J connectivity index is -0.0000000755. The largest absolute Gasteiger partial charge is 0.400 e. The van der Waals surface area contributed by atoms with Gasteiger partial charge >= 0.3 is 0 Å². The number of aliphatic hydroxyl groups excluding tert-OH is 4. The number of rotatable bonds is 1. The van der Waals surface area contributed by atoms with E-state index in [1.807, 2.05) is 30.3 Å². The van der Waals surface area contributed by atoms with E-state index < -0.39 is 0 Å². The Morgan fingerprint density at radius 3 is 1.33 bits per heavy atom. The van der Waals surface area contributed by atoms with Crippen molar-refractivity contribution in [2.24, 2.45) is 0 Å². The third-order valence-corrected chi connectivity index (χ3v) is 1.03. The van der Waals surface area contributed by atoms with Gasteiger partial charge in [-0.25, -0.2) is 0 Å². The monoisotopic (exact) mass is 294 g/mol. The molecule has 15 heavy (non-hydrogen) atoms. The minimum atomic E-state index is 0. The first-order valence-electron chi connectivity index (χ1n) is 3.92. The molecule has 0 bridgehead atoms. The van der Waals surface area contributed by atoms with Crippen LogP contribution in [0, 0.1) is 0 Å². The molecule has 1 aromatic rings. The second kappa shape index (κ2) is 29.2. The van der Waals surface area contributed by atoms with Crippen LogP contribution in [0.2, 0.25) is 0 Å². The van der Waals surface area contributed by atoms with Crippen LogP contribution in [0.15, 0.2) is 30.3 Å². The summed E-state index contributed by atoms with van der Waals surface area (Å²) in [6, 6.07) is 9.52. The number of hydrogen-bond acceptors (Lipinski definition) is 4. The normalized spacial score (nSPS) is 6.07. The number of benzene rings is 1. The van der Waals surface area contributed by atoms with Gasteiger partial charge in [0.05, 0.1) is 6.61 Å². The predicted molar refractivity (Wildman–Crippen MR) is 56.8 cm³/mol. The van der Waals surface area contributed by atoms with E-state index >= 15 is 0 Å². The van der Waals surface area contributed by atoms with Gasteiger partial charge in [-0.15, -0.1) is 0 Å². The van der Waals surface area contributed by atoms with Crippen molar-refractivity contribution in [1.29, 1.82) is 0 Å². The molecule has 0 saturated carbocycles. The fourth-order valence-electron chi connectivity index (χ4n) is 0.583. The maximum absolute atomic E-state index is 8.54. The summed E-state index contributed by atoms with van der Waals surface area (Å²) in [6.07, 6.45) is 0. The molecule has 0 amide bonds. The van der Waals surface area contributed by atoms with Gasteiger partial charge in [0, 0.05) is 47.5 Å². The minimum absolute atomic E-state index is 0. The second-order valence-electron chi connectivity index (χ2n) is 1.64. The Kier molecular flexibility index (Phi) is 47.2. The van der Waals surface area contributed by atoms with E-state index in [1.54, 1.807) is 0 Å². The van der Waals surface area contributed by atoms with Crippen LogP contribution in [0.25, 0.3) is 0 Å². The molecule has 5 heteroatoms. The Morgan fingerprint density at radius 2 is 1.13 bits per heavy atom. The molecule has 4 N–H and O–H groups in total. The van der Waals surface area contributed by atoms with E-state index in [0.29, 0.717) is 0 Å². The van der Waals surface area contributed by atoms with Gasteiger partial charge in [0.25, 0.3) is 0 Å². The van der Waals surface area contributed by atoms with Crippen molar-refractivity contribution in [1.82, 2.24) is 0 Å². The van der Waals surface area contributed by atoms with Crippen molar-refractivity contribution in [3.63, 3.8) is 0 Å². The summed E-state index contributed by atoms with van der Waals surface area (Å²) >= 11 is 0. The molecule has 0 fully saturated rings. The zero-order valence-corrected chi connectivity index (χ0v) is 11.8. The van der Waals surface area contributed by atoms with Crippen LogP contribution >= 0.6 is 0 Å². The third-order valence-electron chi connectivity index (χ3n) is 1.03. The molecule has 4 nitrogen and oxygen atoms in total. The summed E-state index contributed by atoms with van der Waals surface area (Å²) in [4.78, 5) is 0. The zero-order valence-electron chi connectivity index (χ0n) is 9.38. The summed E-state index contributed by atoms with van der Waals surface area (Å²) < 4.78 is 0. The van der Waals surface area contributed by atoms with E-state index in [0.717, 1.165) is 26.9 Å². The maximum atomic E-state index is 8.54. The SMILES string of the molecule is CO.CO.CO.OCc1ccccc1.[Zr]. The molecule has 0 unspecified atom stereocenters. The van der Waals surface area contributed by atoms with Crippen LogP contribution in [0.1, 0.15) is 5.56 Å². The van der Waals surface area contributed by atoms with Crippen molar-refractivity contribution in [2.75, 3.05) is 21.3 Å². The molecule has 1 aromatic carbocycles. The third kappa shape index (κ3) is 20.1. The summed E-state index contributed by atoms with van der Waals surface area (Å²) in [5.41, 5.74) is 0.965. The van der Waals surface area contributed by atoms with Gasteiger partial charge in [0.15, 0.2) is 0 Å². The first kappa shape index (κ1) is 24.3. The predicted octanol–water partition coefficient (Wildman–Crippen LogP) is 0.00190. The van der Waals surface area contributed by atoms with E-state index in [1.165, 1.54) is 0 Å². The Hall–Kier alpha value is -0.0569. The molecule has 0 atom stereocenters. The van der Waals surface area contributed by atoms with Gasteiger partial charge in [-0.1, -0.05) is 30.3 Å². The van der Waals surface area contributed by atoms with Crippen molar-refractivity contribution >= 4 is 0 Å². The standard InChI is InChI=1S/C7H8O.3CH4O.Zr/c8-6-7-4-2-1-3-5-7;3*1-2;/h1-5,8H,6H2;3*2H,1H3;. The van der Waals surface area contributed by atoms with Crippen LogP contribution in [0.5, 0.6) is 0 Å². The molecule has 0 aliphatic heterocycles. The average Bonchev–Trinajstić information content (AvgIpc) is 2.37. The maximum Gasteiger partial charge on any atom is 0.0681 e. The smallest absolute Gasteiger partial charge is 0.0681 e. The van der Waals surface area contributed by atoms with E-state index in [-0.39, 0.29) is 32.8 Å². The minimum Gasteiger partial charge on any atom is -0.400 e. The summed E-state index contributed by atoms with van der Waals surface area (Å²) in [7, 11) is 3.00. The molecule has 1 rings (SSSR count). The van der Waals surface area contributed by atoms with Gasteiger partial charge in [0.2, 0.25) is 0 Å². The Morgan fingerprint density at radius 1 is 0.800 bits per heavy atom. The van der Waals surface area contributed by atoms with Crippen LogP contribution in [-0.2, 0) is 32.8 Å². The van der Waals surface area contributed by atoms with Gasteiger partial charge in [-0.05, 0) is 5.56 Å². The zero-order chi connectivity index (χ0) is 11.8. The molecule has 0 radical (unpaired) electrons. The fourth-order valence-corrected chi connectivity index (χ4v) is 0.583. The molecule has 0 spiro atoms. The molecule has 88 valence electrons. The average molecular weight is 295 g/mol. The van der Waals surface area contributed by atoms with Crippen LogP contribution in [-0.4, -0.2) is 41.8 Å². The van der Waals surface area contributed by atoms with E-state index in [2.05, 4.69) is 0 Å². The quantitative estimate of drug-likeness (QED) is 0.588. The second-order valence-corrected chi connectivity index (χ2v) is 1.64. The van der Waals surface area contributed by atoms with Gasteiger partial charge in [-0.3, -0.25) is 0 Å². The molecular formula is C10H20O4Zr. The first-order valence-corrected chi connectivity index (χ1v) is 3.92. The van der Waals surface area contributed by atoms with Crippen molar-refractivity contribution in [2.45, 2.75) is 6.61 Å². The molecule has 0 aliphatic carbocycles. The van der Waals surface area contributed by atoms with Crippen LogP contribution in [0.4, 0.5) is 0 Å². The van der Waals surface area contributed by atoms with Crippen LogP contribution in [0.3, 0.4) is 0 Å². The van der Waals surface area contributed by atoms with Crippen molar-refractivity contribution in [3.8, 4) is 0 Å². The molecule has 0 aromatic heterocycles. The van der Waals surface area contributed by atoms with E-state index in [4.69, 9.17) is 20.4 Å². The summed E-state index contributed by atoms with van der Waals surface area (Å²) in [6.45, 7) is 0.140. The fraction of sp³-hybridized carbons (Fsp3) is 0.400. The summed E-state index contributed by atoms with van der Waals surface area (Å²) in [5.74, 6) is 0. The topological polar surface area (TPSA) is 80.9 Å². The van der Waals surface area contributed by atoms with Crippen molar-refractivity contribution < 1.29 is 46.6 Å². The van der Waals surface area contributed by atoms with E-state index in [9.17, 15) is 0 Å². The number of aliphatic hydroxyl groups is 4. The van der Waals surface area contributed by atoms with Gasteiger partial charge in [0.1, 0.15) is 0 Å². The van der Waals surface area contributed by atoms with Crippen molar-refractivity contribution in [3.05, 3.63) is 35.9 Å². The summed E-state index contributed by atoms with van der Waals surface area (Å²) in [5, 5.41) is 29.5. The van der Waals surface area contributed by atoms with Gasteiger partial charge in [-0.2, -0.15) is 0 Å². The molecule has 0 heterocycles. The first-order chi connectivity index (χ1) is 6.93. The Labute approximate surface area is 110 Å². The molecule has 0 saturated heterocycles. The molecular weight excluding hydrogens is 275 g/mol. The number of hydrogen-bond donors (Lipinski definition) is 4. The molecule has 0 aliphatic rings. The van der Waals surface area contributed by atoms with Crippen LogP contribution < -0.4 is 0 Å². The van der Waals surface area contributed by atoms with Gasteiger partial charge < -0.3 is 20.4 Å². The Bertz CT molecular complexity index is 159.